The predicted molar refractivity (Wildman–Crippen MR) is 87.6 cm³/mol. The second kappa shape index (κ2) is 4.68. The fourth-order valence-electron chi connectivity index (χ4n) is 3.13. The lowest BCUT2D eigenvalue weighted by Gasteiger charge is -2.01. The normalized spacial score (nSPS) is 13.7. The minimum atomic E-state index is -0.420. The highest BCUT2D eigenvalue weighted by atomic mass is 16.3. The smallest absolute Gasteiger partial charge is 0.201 e. The van der Waals surface area contributed by atoms with Crippen LogP contribution in [0, 0.1) is 0 Å². The Balaban J connectivity index is 1.98. The van der Waals surface area contributed by atoms with E-state index in [9.17, 15) is 14.7 Å². The number of carbonyl (C=O) groups is 2. The maximum atomic E-state index is 12.5. The van der Waals surface area contributed by atoms with Gasteiger partial charge in [-0.2, -0.15) is 0 Å². The molecule has 0 atom stereocenters. The molecule has 2 aromatic carbocycles. The highest BCUT2D eigenvalue weighted by Gasteiger charge is 2.36. The van der Waals surface area contributed by atoms with Crippen LogP contribution in [0.4, 0.5) is 0 Å². The number of aromatic nitrogens is 1. The van der Waals surface area contributed by atoms with Gasteiger partial charge < -0.3 is 9.67 Å². The fourth-order valence-corrected chi connectivity index (χ4v) is 3.13. The molecule has 23 heavy (non-hydrogen) atoms. The van der Waals surface area contributed by atoms with Crippen LogP contribution in [0.1, 0.15) is 26.3 Å². The van der Waals surface area contributed by atoms with Gasteiger partial charge in [0.25, 0.3) is 0 Å². The molecule has 0 unspecified atom stereocenters. The van der Waals surface area contributed by atoms with Crippen LogP contribution in [-0.4, -0.2) is 21.2 Å². The zero-order valence-electron chi connectivity index (χ0n) is 12.4. The summed E-state index contributed by atoms with van der Waals surface area (Å²) in [6.45, 7) is 0. The van der Waals surface area contributed by atoms with Gasteiger partial charge in [-0.25, -0.2) is 0 Å². The summed E-state index contributed by atoms with van der Waals surface area (Å²) in [7, 11) is 1.86. The molecule has 1 heterocycles. The van der Waals surface area contributed by atoms with Crippen molar-refractivity contribution >= 4 is 28.2 Å². The Morgan fingerprint density at radius 2 is 1.48 bits per heavy atom. The molecule has 0 saturated carbocycles. The first-order chi connectivity index (χ1) is 11.1. The molecular formula is C19H13NO3. The summed E-state index contributed by atoms with van der Waals surface area (Å²) < 4.78 is 1.86. The van der Waals surface area contributed by atoms with E-state index in [1.807, 2.05) is 35.9 Å². The maximum absolute atomic E-state index is 12.5. The van der Waals surface area contributed by atoms with E-state index in [2.05, 4.69) is 0 Å². The third-order valence-electron chi connectivity index (χ3n) is 4.26. The SMILES string of the molecule is Cn1cc(C(O)=C2C(=O)c3ccccc3C2=O)c2ccccc21. The number of nitrogens with zero attached hydrogens (tertiary/aromatic N) is 1. The molecule has 3 aromatic rings. The van der Waals surface area contributed by atoms with Crippen molar-refractivity contribution in [3.63, 3.8) is 0 Å². The van der Waals surface area contributed by atoms with Crippen molar-refractivity contribution < 1.29 is 14.7 Å². The van der Waals surface area contributed by atoms with Gasteiger partial charge in [0, 0.05) is 40.8 Å². The largest absolute Gasteiger partial charge is 0.506 e. The number of allylic oxidation sites excluding steroid dienone is 1. The van der Waals surface area contributed by atoms with Gasteiger partial charge >= 0.3 is 0 Å². The molecule has 1 aliphatic carbocycles. The summed E-state index contributed by atoms with van der Waals surface area (Å²) in [6.07, 6.45) is 1.73. The van der Waals surface area contributed by atoms with E-state index in [0.717, 1.165) is 10.9 Å². The molecule has 112 valence electrons. The van der Waals surface area contributed by atoms with Crippen molar-refractivity contribution in [3.05, 3.63) is 77.0 Å². The lowest BCUT2D eigenvalue weighted by molar-refractivity contribution is 0.0987. The predicted octanol–water partition coefficient (Wildman–Crippen LogP) is 3.53. The molecule has 0 spiro atoms. The van der Waals surface area contributed by atoms with Crippen LogP contribution in [0.2, 0.25) is 0 Å². The van der Waals surface area contributed by atoms with Gasteiger partial charge in [-0.15, -0.1) is 0 Å². The van der Waals surface area contributed by atoms with Gasteiger partial charge in [-0.3, -0.25) is 9.59 Å². The van der Waals surface area contributed by atoms with Gasteiger partial charge in [0.2, 0.25) is 11.6 Å². The average molecular weight is 303 g/mol. The molecule has 4 rings (SSSR count). The van der Waals surface area contributed by atoms with Gasteiger partial charge in [-0.05, 0) is 6.07 Å². The summed E-state index contributed by atoms with van der Waals surface area (Å²) in [4.78, 5) is 25.0. The Morgan fingerprint density at radius 3 is 2.13 bits per heavy atom. The van der Waals surface area contributed by atoms with Crippen molar-refractivity contribution in [2.24, 2.45) is 7.05 Å². The third-order valence-corrected chi connectivity index (χ3v) is 4.26. The van der Waals surface area contributed by atoms with Crippen molar-refractivity contribution in [2.45, 2.75) is 0 Å². The molecule has 1 aliphatic rings. The summed E-state index contributed by atoms with van der Waals surface area (Å²) in [6, 6.07) is 14.2. The minimum Gasteiger partial charge on any atom is -0.506 e. The second-order valence-electron chi connectivity index (χ2n) is 5.60. The van der Waals surface area contributed by atoms with Crippen molar-refractivity contribution in [1.29, 1.82) is 0 Å². The number of para-hydroxylation sites is 1. The standard InChI is InChI=1S/C19H13NO3/c1-20-10-14(11-6-4-5-9-15(11)20)19(23)16-17(21)12-7-2-3-8-13(12)18(16)22/h2-10,23H,1H3. The Labute approximate surface area is 132 Å². The van der Waals surface area contributed by atoms with Crippen LogP contribution >= 0.6 is 0 Å². The quantitative estimate of drug-likeness (QED) is 0.425. The number of aryl methyl sites for hydroxylation is 1. The third kappa shape index (κ3) is 1.78. The van der Waals surface area contributed by atoms with Gasteiger partial charge in [0.1, 0.15) is 11.3 Å². The Morgan fingerprint density at radius 1 is 0.913 bits per heavy atom. The molecule has 0 bridgehead atoms. The molecule has 4 heteroatoms. The molecule has 4 nitrogen and oxygen atoms in total. The van der Waals surface area contributed by atoms with Crippen LogP contribution in [-0.2, 0) is 7.05 Å². The average Bonchev–Trinajstić information content (AvgIpc) is 3.04. The number of hydrogen-bond acceptors (Lipinski definition) is 3. The number of fused-ring (bicyclic) bond motifs is 2. The van der Waals surface area contributed by atoms with Gasteiger partial charge in [0.15, 0.2) is 0 Å². The van der Waals surface area contributed by atoms with Gasteiger partial charge in [0.05, 0.1) is 0 Å². The lowest BCUT2D eigenvalue weighted by atomic mass is 10.0. The molecular weight excluding hydrogens is 290 g/mol. The van der Waals surface area contributed by atoms with E-state index in [1.165, 1.54) is 0 Å². The fraction of sp³-hybridized carbons (Fsp3) is 0.0526. The Bertz CT molecular complexity index is 987. The molecule has 0 aliphatic heterocycles. The number of Topliss-reactive ketones (excluding diaryl/α,β-unsaturated/α-hetero) is 2. The Hall–Kier alpha value is -3.14. The second-order valence-corrected chi connectivity index (χ2v) is 5.60. The van der Waals surface area contributed by atoms with Crippen molar-refractivity contribution in [3.8, 4) is 0 Å². The van der Waals surface area contributed by atoms with Crippen molar-refractivity contribution in [2.75, 3.05) is 0 Å². The monoisotopic (exact) mass is 303 g/mol. The minimum absolute atomic E-state index is 0.150. The lowest BCUT2D eigenvalue weighted by Crippen LogP contribution is -2.05. The first-order valence-corrected chi connectivity index (χ1v) is 7.25. The zero-order valence-corrected chi connectivity index (χ0v) is 12.4. The topological polar surface area (TPSA) is 59.3 Å². The number of rotatable bonds is 1. The van der Waals surface area contributed by atoms with Gasteiger partial charge in [-0.1, -0.05) is 42.5 Å². The van der Waals surface area contributed by atoms with Crippen molar-refractivity contribution in [1.82, 2.24) is 4.57 Å². The molecule has 0 amide bonds. The van der Waals surface area contributed by atoms with E-state index >= 15 is 0 Å². The number of aliphatic hydroxyl groups is 1. The number of benzene rings is 2. The summed E-state index contributed by atoms with van der Waals surface area (Å²) in [5.41, 5.74) is 1.96. The first kappa shape index (κ1) is 13.5. The van der Waals surface area contributed by atoms with Crippen LogP contribution in [0.3, 0.4) is 0 Å². The number of carbonyl (C=O) groups excluding carboxylic acids is 2. The molecule has 0 saturated heterocycles. The van der Waals surface area contributed by atoms with Crippen LogP contribution < -0.4 is 0 Å². The molecule has 1 N–H and O–H groups in total. The molecule has 0 radical (unpaired) electrons. The number of ketones is 2. The van der Waals surface area contributed by atoms with Crippen LogP contribution in [0.5, 0.6) is 0 Å². The van der Waals surface area contributed by atoms with E-state index in [1.54, 1.807) is 30.5 Å². The van der Waals surface area contributed by atoms with E-state index in [-0.39, 0.29) is 11.3 Å². The molecule has 1 aromatic heterocycles. The molecule has 0 fully saturated rings. The highest BCUT2D eigenvalue weighted by Crippen LogP contribution is 2.33. The summed E-state index contributed by atoms with van der Waals surface area (Å²) in [5, 5.41) is 11.5. The maximum Gasteiger partial charge on any atom is 0.201 e. The number of aliphatic hydroxyl groups excluding tert-OH is 1. The van der Waals surface area contributed by atoms with E-state index in [0.29, 0.717) is 16.7 Å². The zero-order chi connectivity index (χ0) is 16.1. The van der Waals surface area contributed by atoms with Crippen LogP contribution in [0.25, 0.3) is 16.7 Å². The van der Waals surface area contributed by atoms with Crippen LogP contribution in [0.15, 0.2) is 60.3 Å². The Kier molecular flexibility index (Phi) is 2.75. The van der Waals surface area contributed by atoms with E-state index in [4.69, 9.17) is 0 Å². The first-order valence-electron chi connectivity index (χ1n) is 7.25. The summed E-state index contributed by atoms with van der Waals surface area (Å²) >= 11 is 0. The summed E-state index contributed by atoms with van der Waals surface area (Å²) in [5.74, 6) is -1.10. The number of hydrogen-bond donors (Lipinski definition) is 1. The van der Waals surface area contributed by atoms with E-state index < -0.39 is 11.6 Å². The highest BCUT2D eigenvalue weighted by molar-refractivity contribution is 6.42.